The van der Waals surface area contributed by atoms with E-state index >= 15 is 0 Å². The maximum absolute atomic E-state index is 11.5. The molecule has 0 aliphatic heterocycles. The van der Waals surface area contributed by atoms with Crippen LogP contribution in [0.25, 0.3) is 0 Å². The van der Waals surface area contributed by atoms with Gasteiger partial charge in [0, 0.05) is 30.3 Å². The Bertz CT molecular complexity index is 472. The van der Waals surface area contributed by atoms with Gasteiger partial charge in [-0.15, -0.1) is 0 Å². The van der Waals surface area contributed by atoms with E-state index in [1.165, 1.54) is 0 Å². The summed E-state index contributed by atoms with van der Waals surface area (Å²) in [5, 5.41) is 6.06. The van der Waals surface area contributed by atoms with E-state index in [1.54, 1.807) is 0 Å². The average molecular weight is 279 g/mol. The number of hydrogen-bond acceptors (Lipinski definition) is 3. The number of rotatable bonds is 6. The topological polar surface area (TPSA) is 67.1 Å². The van der Waals surface area contributed by atoms with Gasteiger partial charge in [-0.05, 0) is 38.5 Å². The molecule has 19 heavy (non-hydrogen) atoms. The minimum atomic E-state index is 0.0343. The molecule has 0 heterocycles. The summed E-state index contributed by atoms with van der Waals surface area (Å²) in [5.41, 5.74) is 8.48. The number of amides is 1. The van der Waals surface area contributed by atoms with Gasteiger partial charge in [-0.2, -0.15) is 0 Å². The zero-order valence-corrected chi connectivity index (χ0v) is 12.4. The Hall–Kier alpha value is -1.62. The second-order valence-corrected chi connectivity index (χ2v) is 5.25. The lowest BCUT2D eigenvalue weighted by molar-refractivity contribution is -0.121. The lowest BCUT2D eigenvalue weighted by Crippen LogP contribution is -2.31. The van der Waals surface area contributed by atoms with E-state index in [0.717, 1.165) is 16.8 Å². The summed E-state index contributed by atoms with van der Waals surface area (Å²) in [6.07, 6.45) is 0.420. The number of nitrogens with two attached hydrogens (primary N) is 1. The molecule has 0 aromatic heterocycles. The van der Waals surface area contributed by atoms with Crippen LogP contribution in [0.2, 0.25) is 0 Å². The summed E-state index contributed by atoms with van der Waals surface area (Å²) in [4.78, 5) is 11.9. The molecule has 0 saturated heterocycles. The number of hydrogen-bond donors (Lipinski definition) is 3. The Morgan fingerprint density at radius 2 is 2.11 bits per heavy atom. The number of carbonyl (C=O) groups excluding carboxylic acids is 1. The van der Waals surface area contributed by atoms with Gasteiger partial charge in [0.1, 0.15) is 4.99 Å². The van der Waals surface area contributed by atoms with Crippen molar-refractivity contribution in [2.24, 2.45) is 5.73 Å². The first-order chi connectivity index (χ1) is 8.90. The van der Waals surface area contributed by atoms with Crippen LogP contribution in [0.15, 0.2) is 18.2 Å². The third kappa shape index (κ3) is 5.26. The maximum atomic E-state index is 11.5. The Morgan fingerprint density at radius 1 is 1.42 bits per heavy atom. The fraction of sp³-hybridized carbons (Fsp3) is 0.429. The molecular formula is C14H21N3OS. The third-order valence-electron chi connectivity index (χ3n) is 2.56. The molecule has 0 radical (unpaired) electrons. The van der Waals surface area contributed by atoms with Crippen molar-refractivity contribution in [3.63, 3.8) is 0 Å². The van der Waals surface area contributed by atoms with E-state index in [-0.39, 0.29) is 11.9 Å². The van der Waals surface area contributed by atoms with Crippen LogP contribution >= 0.6 is 12.2 Å². The Kier molecular flexibility index (Phi) is 5.76. The van der Waals surface area contributed by atoms with E-state index in [1.807, 2.05) is 39.0 Å². The standard InChI is InChI=1S/C14H21N3OS/c1-9(2)17-13(18)6-7-16-12-8-10(3)4-5-11(12)14(15)19/h4-5,8-9,16H,6-7H2,1-3H3,(H2,15,19)(H,17,18). The first-order valence-corrected chi connectivity index (χ1v) is 6.74. The third-order valence-corrected chi connectivity index (χ3v) is 2.78. The molecule has 0 atom stereocenters. The summed E-state index contributed by atoms with van der Waals surface area (Å²) < 4.78 is 0. The van der Waals surface area contributed by atoms with Crippen molar-refractivity contribution < 1.29 is 4.79 Å². The number of benzene rings is 1. The molecular weight excluding hydrogens is 258 g/mol. The van der Waals surface area contributed by atoms with Gasteiger partial charge in [0.15, 0.2) is 0 Å². The van der Waals surface area contributed by atoms with Crippen molar-refractivity contribution in [2.45, 2.75) is 33.2 Å². The smallest absolute Gasteiger partial charge is 0.221 e. The van der Waals surface area contributed by atoms with Crippen molar-refractivity contribution in [1.82, 2.24) is 5.32 Å². The van der Waals surface area contributed by atoms with Crippen LogP contribution in [0.5, 0.6) is 0 Å². The molecule has 1 aromatic carbocycles. The summed E-state index contributed by atoms with van der Waals surface area (Å²) in [6.45, 7) is 6.44. The van der Waals surface area contributed by atoms with Crippen LogP contribution in [0.1, 0.15) is 31.4 Å². The quantitative estimate of drug-likeness (QED) is 0.696. The molecule has 0 saturated carbocycles. The van der Waals surface area contributed by atoms with Crippen molar-refractivity contribution in [3.05, 3.63) is 29.3 Å². The van der Waals surface area contributed by atoms with Crippen LogP contribution < -0.4 is 16.4 Å². The Balaban J connectivity index is 2.60. The van der Waals surface area contributed by atoms with E-state index in [0.29, 0.717) is 18.0 Å². The van der Waals surface area contributed by atoms with Crippen LogP contribution in [0.4, 0.5) is 5.69 Å². The Labute approximate surface area is 119 Å². The van der Waals surface area contributed by atoms with Crippen LogP contribution in [-0.2, 0) is 4.79 Å². The molecule has 0 aliphatic carbocycles. The fourth-order valence-corrected chi connectivity index (χ4v) is 1.90. The zero-order chi connectivity index (χ0) is 14.4. The number of carbonyl (C=O) groups is 1. The minimum Gasteiger partial charge on any atom is -0.389 e. The van der Waals surface area contributed by atoms with Gasteiger partial charge in [-0.1, -0.05) is 18.3 Å². The molecule has 4 N–H and O–H groups in total. The second kappa shape index (κ2) is 7.09. The zero-order valence-electron chi connectivity index (χ0n) is 11.6. The van der Waals surface area contributed by atoms with Crippen molar-refractivity contribution >= 4 is 28.8 Å². The number of thiocarbonyl (C=S) groups is 1. The van der Waals surface area contributed by atoms with E-state index in [2.05, 4.69) is 10.6 Å². The molecule has 1 amide bonds. The molecule has 104 valence electrons. The largest absolute Gasteiger partial charge is 0.389 e. The fourth-order valence-electron chi connectivity index (χ4n) is 1.72. The highest BCUT2D eigenvalue weighted by Gasteiger charge is 2.07. The van der Waals surface area contributed by atoms with Crippen molar-refractivity contribution in [1.29, 1.82) is 0 Å². The van der Waals surface area contributed by atoms with Crippen LogP contribution in [0, 0.1) is 6.92 Å². The summed E-state index contributed by atoms with van der Waals surface area (Å²) >= 11 is 5.01. The van der Waals surface area contributed by atoms with Gasteiger partial charge < -0.3 is 16.4 Å². The molecule has 0 fully saturated rings. The summed E-state index contributed by atoms with van der Waals surface area (Å²) in [6, 6.07) is 6.01. The van der Waals surface area contributed by atoms with Crippen LogP contribution in [-0.4, -0.2) is 23.5 Å². The summed E-state index contributed by atoms with van der Waals surface area (Å²) in [7, 11) is 0. The first-order valence-electron chi connectivity index (χ1n) is 6.34. The van der Waals surface area contributed by atoms with E-state index in [9.17, 15) is 4.79 Å². The first kappa shape index (κ1) is 15.4. The second-order valence-electron chi connectivity index (χ2n) is 4.81. The highest BCUT2D eigenvalue weighted by molar-refractivity contribution is 7.80. The summed E-state index contributed by atoms with van der Waals surface area (Å²) in [5.74, 6) is 0.0343. The lowest BCUT2D eigenvalue weighted by Gasteiger charge is -2.13. The Morgan fingerprint density at radius 3 is 2.68 bits per heavy atom. The highest BCUT2D eigenvalue weighted by Crippen LogP contribution is 2.17. The predicted octanol–water partition coefficient (Wildman–Crippen LogP) is 1.96. The molecule has 0 spiro atoms. The van der Waals surface area contributed by atoms with Gasteiger partial charge in [0.2, 0.25) is 5.91 Å². The van der Waals surface area contributed by atoms with Gasteiger partial charge >= 0.3 is 0 Å². The molecule has 4 nitrogen and oxygen atoms in total. The van der Waals surface area contributed by atoms with Crippen LogP contribution in [0.3, 0.4) is 0 Å². The van der Waals surface area contributed by atoms with Gasteiger partial charge in [0.05, 0.1) is 0 Å². The number of aryl methyl sites for hydroxylation is 1. The molecule has 1 aromatic rings. The average Bonchev–Trinajstić information content (AvgIpc) is 2.27. The molecule has 0 aliphatic rings. The van der Waals surface area contributed by atoms with Crippen molar-refractivity contribution in [3.8, 4) is 0 Å². The SMILES string of the molecule is Cc1ccc(C(N)=S)c(NCCC(=O)NC(C)C)c1. The normalized spacial score (nSPS) is 10.3. The maximum Gasteiger partial charge on any atom is 0.221 e. The number of anilines is 1. The lowest BCUT2D eigenvalue weighted by atomic mass is 10.1. The minimum absolute atomic E-state index is 0.0343. The van der Waals surface area contributed by atoms with Gasteiger partial charge in [0.25, 0.3) is 0 Å². The van der Waals surface area contributed by atoms with Gasteiger partial charge in [-0.3, -0.25) is 4.79 Å². The molecule has 1 rings (SSSR count). The van der Waals surface area contributed by atoms with Crippen molar-refractivity contribution in [2.75, 3.05) is 11.9 Å². The van der Waals surface area contributed by atoms with E-state index < -0.39 is 0 Å². The van der Waals surface area contributed by atoms with Gasteiger partial charge in [-0.25, -0.2) is 0 Å². The molecule has 0 unspecified atom stereocenters. The predicted molar refractivity (Wildman–Crippen MR) is 83.5 cm³/mol. The molecule has 5 heteroatoms. The molecule has 0 bridgehead atoms. The highest BCUT2D eigenvalue weighted by atomic mass is 32.1. The van der Waals surface area contributed by atoms with E-state index in [4.69, 9.17) is 18.0 Å². The number of nitrogens with one attached hydrogen (secondary N) is 2. The monoisotopic (exact) mass is 279 g/mol.